The van der Waals surface area contributed by atoms with Gasteiger partial charge in [-0.2, -0.15) is 8.42 Å². The fraction of sp³-hybridized carbons (Fsp3) is 0.926. The van der Waals surface area contributed by atoms with Crippen LogP contribution in [0.15, 0.2) is 11.6 Å². The zero-order valence-corrected chi connectivity index (χ0v) is 21.7. The molecule has 5 aliphatic rings. The average molecular weight is 465 g/mol. The maximum absolute atomic E-state index is 12.0. The highest BCUT2D eigenvalue weighted by Gasteiger charge is 2.71. The van der Waals surface area contributed by atoms with Crippen molar-refractivity contribution in [1.82, 2.24) is 0 Å². The van der Waals surface area contributed by atoms with Crippen molar-refractivity contribution in [2.75, 3.05) is 0 Å². The Hall–Kier alpha value is -0.390. The average Bonchev–Trinajstić information content (AvgIpc) is 3.04. The van der Waals surface area contributed by atoms with E-state index in [-0.39, 0.29) is 5.41 Å². The van der Waals surface area contributed by atoms with E-state index in [0.717, 1.165) is 42.9 Å². The fourth-order valence-electron chi connectivity index (χ4n) is 9.34. The molecule has 4 aliphatic carbocycles. The van der Waals surface area contributed by atoms with Gasteiger partial charge in [0.2, 0.25) is 5.79 Å². The zero-order valence-electron chi connectivity index (χ0n) is 20.9. The third kappa shape index (κ3) is 3.31. The van der Waals surface area contributed by atoms with Crippen LogP contribution in [0.5, 0.6) is 0 Å². The van der Waals surface area contributed by atoms with E-state index in [0.29, 0.717) is 23.7 Å². The molecule has 0 amide bonds. The van der Waals surface area contributed by atoms with Gasteiger partial charge in [-0.25, -0.2) is 8.37 Å². The minimum absolute atomic E-state index is 0.304. The maximum Gasteiger partial charge on any atom is 0.405 e. The van der Waals surface area contributed by atoms with Crippen molar-refractivity contribution in [3.63, 3.8) is 0 Å². The van der Waals surface area contributed by atoms with Crippen molar-refractivity contribution in [3.05, 3.63) is 11.6 Å². The molecule has 0 N–H and O–H groups in total. The summed E-state index contributed by atoms with van der Waals surface area (Å²) in [5.41, 5.74) is 1.53. The van der Waals surface area contributed by atoms with Gasteiger partial charge in [-0.15, -0.1) is 0 Å². The molecule has 5 rings (SSSR count). The number of allylic oxidation sites excluding steroid dienone is 1. The normalized spacial score (nSPS) is 44.9. The molecule has 0 radical (unpaired) electrons. The van der Waals surface area contributed by atoms with E-state index in [9.17, 15) is 8.42 Å². The summed E-state index contributed by atoms with van der Waals surface area (Å²) in [6, 6.07) is 0. The Morgan fingerprint density at radius 1 is 1.03 bits per heavy atom. The summed E-state index contributed by atoms with van der Waals surface area (Å²) >= 11 is 0. The molecule has 1 aliphatic heterocycles. The van der Waals surface area contributed by atoms with Gasteiger partial charge in [0.1, 0.15) is 0 Å². The second-order valence-corrected chi connectivity index (χ2v) is 13.9. The van der Waals surface area contributed by atoms with E-state index in [2.05, 4.69) is 40.7 Å². The molecule has 0 aromatic carbocycles. The second-order valence-electron chi connectivity index (χ2n) is 12.8. The van der Waals surface area contributed by atoms with Crippen LogP contribution in [0.4, 0.5) is 0 Å². The van der Waals surface area contributed by atoms with Gasteiger partial charge in [0.15, 0.2) is 0 Å². The summed E-state index contributed by atoms with van der Waals surface area (Å²) in [6.07, 6.45) is 15.5. The van der Waals surface area contributed by atoms with E-state index in [1.54, 1.807) is 0 Å². The summed E-state index contributed by atoms with van der Waals surface area (Å²) in [5.74, 6) is 3.31. The van der Waals surface area contributed by atoms with Crippen LogP contribution in [0.3, 0.4) is 0 Å². The molecular formula is C27H44O4S. The van der Waals surface area contributed by atoms with Crippen LogP contribution in [-0.2, 0) is 18.8 Å². The van der Waals surface area contributed by atoms with E-state index in [1.807, 2.05) is 0 Å². The van der Waals surface area contributed by atoms with Crippen LogP contribution in [0, 0.1) is 46.3 Å². The van der Waals surface area contributed by atoms with Crippen LogP contribution in [0.1, 0.15) is 105 Å². The molecule has 1 saturated heterocycles. The van der Waals surface area contributed by atoms with Gasteiger partial charge >= 0.3 is 10.4 Å². The molecule has 1 heterocycles. The van der Waals surface area contributed by atoms with Crippen molar-refractivity contribution >= 4 is 10.4 Å². The Morgan fingerprint density at radius 3 is 2.47 bits per heavy atom. The van der Waals surface area contributed by atoms with Crippen molar-refractivity contribution < 1.29 is 16.8 Å². The Morgan fingerprint density at radius 2 is 1.78 bits per heavy atom. The quantitative estimate of drug-likeness (QED) is 0.410. The Labute approximate surface area is 196 Å². The number of hydrogen-bond acceptors (Lipinski definition) is 4. The van der Waals surface area contributed by atoms with E-state index < -0.39 is 16.2 Å². The molecule has 0 aromatic heterocycles. The van der Waals surface area contributed by atoms with Crippen molar-refractivity contribution in [2.24, 2.45) is 46.3 Å². The second kappa shape index (κ2) is 7.81. The highest BCUT2D eigenvalue weighted by Crippen LogP contribution is 2.70. The molecule has 4 nitrogen and oxygen atoms in total. The molecule has 7 atom stereocenters. The smallest absolute Gasteiger partial charge is 0.211 e. The van der Waals surface area contributed by atoms with Gasteiger partial charge in [0.05, 0.1) is 0 Å². The van der Waals surface area contributed by atoms with E-state index >= 15 is 0 Å². The molecule has 0 aromatic rings. The lowest BCUT2D eigenvalue weighted by Gasteiger charge is -2.64. The van der Waals surface area contributed by atoms with Gasteiger partial charge in [-0.1, -0.05) is 65.5 Å². The molecule has 182 valence electrons. The highest BCUT2D eigenvalue weighted by atomic mass is 32.3. The standard InChI is InChI=1S/C27H44O4S/c1-18(2)8-6-9-19(3)22-13-14-23-21-12-11-20-10-7-16-27(30-32(28,29)31-27)26(20,5)24(21)15-17-25(22,23)4/h11,18-19,21-24H,6-10,12-17H2,1-5H3/t19-,21+,22-,23+,24+,25-,26+/m1/s1. The summed E-state index contributed by atoms with van der Waals surface area (Å²) in [4.78, 5) is 0. The number of rotatable bonds is 5. The van der Waals surface area contributed by atoms with Crippen LogP contribution >= 0.6 is 0 Å². The Kier molecular flexibility index (Phi) is 5.70. The molecule has 4 fully saturated rings. The summed E-state index contributed by atoms with van der Waals surface area (Å²) < 4.78 is 35.2. The SMILES string of the molecule is CC(C)CCC[C@@H](C)[C@H]1CC[C@H]2[C@@H]3CC=C4CCCC5(OS(=O)(=O)O5)[C@]4(C)[C@H]3CC[C@]12C. The van der Waals surface area contributed by atoms with Crippen LogP contribution in [0.2, 0.25) is 0 Å². The first kappa shape index (κ1) is 23.4. The van der Waals surface area contributed by atoms with Gasteiger partial charge in [-0.05, 0) is 85.9 Å². The first-order valence-corrected chi connectivity index (χ1v) is 14.7. The minimum Gasteiger partial charge on any atom is -0.211 e. The summed E-state index contributed by atoms with van der Waals surface area (Å²) in [5, 5.41) is 0. The maximum atomic E-state index is 12.0. The summed E-state index contributed by atoms with van der Waals surface area (Å²) in [7, 11) is -3.81. The molecule has 0 unspecified atom stereocenters. The topological polar surface area (TPSA) is 52.6 Å². The predicted molar refractivity (Wildman–Crippen MR) is 127 cm³/mol. The number of fused-ring (bicyclic) bond motifs is 6. The van der Waals surface area contributed by atoms with Crippen molar-refractivity contribution in [3.8, 4) is 0 Å². The lowest BCUT2D eigenvalue weighted by molar-refractivity contribution is -0.284. The third-order valence-electron chi connectivity index (χ3n) is 10.9. The van der Waals surface area contributed by atoms with Crippen molar-refractivity contribution in [1.29, 1.82) is 0 Å². The van der Waals surface area contributed by atoms with Gasteiger partial charge in [0.25, 0.3) is 0 Å². The number of hydrogen-bond donors (Lipinski definition) is 0. The molecule has 32 heavy (non-hydrogen) atoms. The molecule has 0 bridgehead atoms. The van der Waals surface area contributed by atoms with Crippen LogP contribution in [0.25, 0.3) is 0 Å². The zero-order chi connectivity index (χ0) is 22.9. The third-order valence-corrected chi connectivity index (χ3v) is 11.8. The van der Waals surface area contributed by atoms with Gasteiger partial charge < -0.3 is 0 Å². The lowest BCUT2D eigenvalue weighted by Crippen LogP contribution is -2.67. The van der Waals surface area contributed by atoms with Crippen LogP contribution < -0.4 is 0 Å². The molecule has 1 spiro atoms. The Bertz CT molecular complexity index is 864. The van der Waals surface area contributed by atoms with Gasteiger partial charge in [-0.3, -0.25) is 0 Å². The van der Waals surface area contributed by atoms with Crippen molar-refractivity contribution in [2.45, 2.75) is 111 Å². The summed E-state index contributed by atoms with van der Waals surface area (Å²) in [6.45, 7) is 12.1. The largest absolute Gasteiger partial charge is 0.405 e. The Balaban J connectivity index is 1.39. The lowest BCUT2D eigenvalue weighted by atomic mass is 9.45. The van der Waals surface area contributed by atoms with Crippen LogP contribution in [-0.4, -0.2) is 14.2 Å². The molecular weight excluding hydrogens is 420 g/mol. The first-order valence-electron chi connectivity index (χ1n) is 13.4. The highest BCUT2D eigenvalue weighted by molar-refractivity contribution is 7.82. The fourth-order valence-corrected chi connectivity index (χ4v) is 10.5. The minimum atomic E-state index is -3.81. The molecule has 5 heteroatoms. The van der Waals surface area contributed by atoms with Gasteiger partial charge in [0, 0.05) is 11.8 Å². The van der Waals surface area contributed by atoms with E-state index in [1.165, 1.54) is 50.5 Å². The molecule has 3 saturated carbocycles. The van der Waals surface area contributed by atoms with E-state index in [4.69, 9.17) is 8.37 Å². The predicted octanol–water partition coefficient (Wildman–Crippen LogP) is 7.02. The monoisotopic (exact) mass is 464 g/mol. The first-order chi connectivity index (χ1) is 15.0.